The van der Waals surface area contributed by atoms with Gasteiger partial charge in [-0.2, -0.15) is 4.98 Å². The van der Waals surface area contributed by atoms with Crippen LogP contribution < -0.4 is 20.7 Å². The van der Waals surface area contributed by atoms with E-state index in [2.05, 4.69) is 15.3 Å². The first-order chi connectivity index (χ1) is 10.8. The number of aromatic amines is 1. The molecule has 0 saturated carbocycles. The van der Waals surface area contributed by atoms with E-state index in [1.54, 1.807) is 30.8 Å². The van der Waals surface area contributed by atoms with Crippen molar-refractivity contribution in [3.05, 3.63) is 10.4 Å². The van der Waals surface area contributed by atoms with Crippen LogP contribution in [0.2, 0.25) is 0 Å². The minimum absolute atomic E-state index is 0.247. The van der Waals surface area contributed by atoms with Crippen LogP contribution in [0.15, 0.2) is 4.79 Å². The lowest BCUT2D eigenvalue weighted by Gasteiger charge is -2.38. The van der Waals surface area contributed by atoms with Crippen LogP contribution in [0, 0.1) is 0 Å². The molecule has 0 bridgehead atoms. The molecule has 3 heterocycles. The summed E-state index contributed by atoms with van der Waals surface area (Å²) >= 11 is 0. The van der Waals surface area contributed by atoms with Crippen molar-refractivity contribution in [2.45, 2.75) is 31.0 Å². The lowest BCUT2D eigenvalue weighted by Crippen LogP contribution is -2.55. The van der Waals surface area contributed by atoms with Crippen molar-refractivity contribution in [2.75, 3.05) is 42.5 Å². The third kappa shape index (κ3) is 2.17. The summed E-state index contributed by atoms with van der Waals surface area (Å²) in [4.78, 5) is 22.5. The van der Waals surface area contributed by atoms with Gasteiger partial charge in [0, 0.05) is 14.1 Å². The zero-order chi connectivity index (χ0) is 16.9. The second-order valence-corrected chi connectivity index (χ2v) is 5.93. The highest BCUT2D eigenvalue weighted by Crippen LogP contribution is 2.42. The van der Waals surface area contributed by atoms with Gasteiger partial charge in [0.2, 0.25) is 5.95 Å². The van der Waals surface area contributed by atoms with Gasteiger partial charge in [-0.3, -0.25) is 9.78 Å². The van der Waals surface area contributed by atoms with Crippen molar-refractivity contribution in [1.82, 2.24) is 9.97 Å². The van der Waals surface area contributed by atoms with E-state index in [4.69, 9.17) is 4.74 Å². The van der Waals surface area contributed by atoms with Crippen LogP contribution in [0.5, 0.6) is 0 Å². The number of nitrogens with one attached hydrogen (secondary N) is 2. The quantitative estimate of drug-likeness (QED) is 0.421. The molecule has 23 heavy (non-hydrogen) atoms. The van der Waals surface area contributed by atoms with Gasteiger partial charge in [0.05, 0.1) is 13.3 Å². The Balaban J connectivity index is 2.07. The van der Waals surface area contributed by atoms with E-state index in [1.807, 2.05) is 0 Å². The molecular weight excluding hydrogens is 306 g/mol. The number of hydrogen-bond acceptors (Lipinski definition) is 9. The molecule has 0 amide bonds. The number of aliphatic hydroxyl groups excluding tert-OH is 3. The van der Waals surface area contributed by atoms with Crippen LogP contribution in [0.3, 0.4) is 0 Å². The molecule has 0 spiro atoms. The number of rotatable bonds is 3. The second-order valence-electron chi connectivity index (χ2n) is 5.93. The van der Waals surface area contributed by atoms with Crippen LogP contribution in [-0.2, 0) is 4.74 Å². The highest BCUT2D eigenvalue weighted by molar-refractivity contribution is 5.73. The Morgan fingerprint density at radius 3 is 2.78 bits per heavy atom. The molecule has 1 aromatic rings. The lowest BCUT2D eigenvalue weighted by molar-refractivity contribution is -0.0812. The molecule has 1 saturated heterocycles. The number of hydrogen-bond donors (Lipinski definition) is 5. The minimum Gasteiger partial charge on any atom is -0.394 e. The van der Waals surface area contributed by atoms with Gasteiger partial charge in [-0.15, -0.1) is 0 Å². The molecule has 0 aliphatic carbocycles. The van der Waals surface area contributed by atoms with Crippen molar-refractivity contribution in [1.29, 1.82) is 0 Å². The molecule has 4 atom stereocenters. The van der Waals surface area contributed by atoms with Gasteiger partial charge in [-0.25, -0.2) is 0 Å². The van der Waals surface area contributed by atoms with Crippen molar-refractivity contribution in [3.8, 4) is 0 Å². The summed E-state index contributed by atoms with van der Waals surface area (Å²) in [5.74, 6) is 0.623. The van der Waals surface area contributed by atoms with Gasteiger partial charge in [-0.1, -0.05) is 0 Å². The van der Waals surface area contributed by atoms with Crippen LogP contribution in [0.25, 0.3) is 0 Å². The molecule has 10 nitrogen and oxygen atoms in total. The third-order valence-electron chi connectivity index (χ3n) is 4.46. The standard InChI is InChI=1S/C13H21N5O5/c1-13(9(21)8(20)6(4-19)23-13)18-5-17(3)7-10(18)15-12(14-2)16-11(7)22/h6,8-9,19-21H,4-5H2,1-3H3,(H2,14,15,16,22)/t6-,8-,9-,13-/m1/s1. The summed E-state index contributed by atoms with van der Waals surface area (Å²) < 4.78 is 5.70. The first-order valence-corrected chi connectivity index (χ1v) is 7.29. The molecular formula is C13H21N5O5. The summed E-state index contributed by atoms with van der Waals surface area (Å²) in [6.45, 7) is 1.42. The van der Waals surface area contributed by atoms with Crippen molar-refractivity contribution in [2.24, 2.45) is 0 Å². The summed E-state index contributed by atoms with van der Waals surface area (Å²) in [7, 11) is 3.35. The number of nitrogens with zero attached hydrogens (tertiary/aromatic N) is 3. The van der Waals surface area contributed by atoms with E-state index < -0.39 is 30.6 Å². The number of aliphatic hydroxyl groups is 3. The molecule has 0 unspecified atom stereocenters. The fourth-order valence-corrected chi connectivity index (χ4v) is 3.14. The van der Waals surface area contributed by atoms with Gasteiger partial charge < -0.3 is 35.2 Å². The third-order valence-corrected chi connectivity index (χ3v) is 4.46. The smallest absolute Gasteiger partial charge is 0.278 e. The Hall–Kier alpha value is -1.88. The van der Waals surface area contributed by atoms with Gasteiger partial charge in [0.25, 0.3) is 5.56 Å². The molecule has 5 N–H and O–H groups in total. The van der Waals surface area contributed by atoms with Gasteiger partial charge >= 0.3 is 0 Å². The van der Waals surface area contributed by atoms with Crippen LogP contribution in [-0.4, -0.2) is 76.7 Å². The Morgan fingerprint density at radius 2 is 2.22 bits per heavy atom. The predicted molar refractivity (Wildman–Crippen MR) is 82.5 cm³/mol. The Kier molecular flexibility index (Phi) is 3.71. The number of anilines is 3. The van der Waals surface area contributed by atoms with E-state index in [1.165, 1.54) is 0 Å². The van der Waals surface area contributed by atoms with Crippen LogP contribution in [0.1, 0.15) is 6.92 Å². The molecule has 2 aliphatic rings. The van der Waals surface area contributed by atoms with Gasteiger partial charge in [0.1, 0.15) is 24.0 Å². The van der Waals surface area contributed by atoms with Crippen molar-refractivity contribution >= 4 is 17.5 Å². The van der Waals surface area contributed by atoms with Crippen LogP contribution >= 0.6 is 0 Å². The predicted octanol–water partition coefficient (Wildman–Crippen LogP) is -2.15. The average molecular weight is 327 g/mol. The molecule has 0 radical (unpaired) electrons. The zero-order valence-electron chi connectivity index (χ0n) is 13.1. The van der Waals surface area contributed by atoms with Crippen LogP contribution in [0.4, 0.5) is 17.5 Å². The maximum absolute atomic E-state index is 12.2. The zero-order valence-corrected chi connectivity index (χ0v) is 13.1. The second kappa shape index (κ2) is 5.34. The average Bonchev–Trinajstić information content (AvgIpc) is 2.98. The van der Waals surface area contributed by atoms with Gasteiger partial charge in [-0.05, 0) is 6.92 Å². The molecule has 0 aromatic carbocycles. The monoisotopic (exact) mass is 327 g/mol. The van der Waals surface area contributed by atoms with E-state index >= 15 is 0 Å². The fourth-order valence-electron chi connectivity index (χ4n) is 3.14. The Labute approximate surface area is 132 Å². The number of ether oxygens (including phenoxy) is 1. The fraction of sp³-hybridized carbons (Fsp3) is 0.692. The highest BCUT2D eigenvalue weighted by Gasteiger charge is 2.56. The van der Waals surface area contributed by atoms with E-state index in [-0.39, 0.29) is 18.2 Å². The maximum atomic E-state index is 12.2. The van der Waals surface area contributed by atoms with E-state index in [0.29, 0.717) is 11.5 Å². The first-order valence-electron chi connectivity index (χ1n) is 7.29. The van der Waals surface area contributed by atoms with Gasteiger partial charge in [0.15, 0.2) is 11.5 Å². The Morgan fingerprint density at radius 1 is 1.52 bits per heavy atom. The highest BCUT2D eigenvalue weighted by atomic mass is 16.6. The molecule has 3 rings (SSSR count). The summed E-state index contributed by atoms with van der Waals surface area (Å²) in [5.41, 5.74) is -1.29. The van der Waals surface area contributed by atoms with Crippen molar-refractivity contribution < 1.29 is 20.1 Å². The van der Waals surface area contributed by atoms with E-state index in [0.717, 1.165) is 0 Å². The Bertz CT molecular complexity index is 667. The van der Waals surface area contributed by atoms with E-state index in [9.17, 15) is 20.1 Å². The minimum atomic E-state index is -1.32. The summed E-state index contributed by atoms with van der Waals surface area (Å²) in [5, 5.41) is 32.5. The normalized spacial score (nSPS) is 33.2. The summed E-state index contributed by atoms with van der Waals surface area (Å²) in [6, 6.07) is 0. The molecule has 2 aliphatic heterocycles. The SMILES string of the molecule is CNc1nc2c(c(=O)[nH]1)N(C)CN2[C@]1(C)O[C@H](CO)[C@@H](O)[C@H]1O. The summed E-state index contributed by atoms with van der Waals surface area (Å²) in [6.07, 6.45) is -3.40. The molecule has 1 fully saturated rings. The number of fused-ring (bicyclic) bond motifs is 1. The number of H-pyrrole nitrogens is 1. The van der Waals surface area contributed by atoms with Crippen molar-refractivity contribution in [3.63, 3.8) is 0 Å². The topological polar surface area (TPSA) is 134 Å². The first kappa shape index (κ1) is 16.0. The molecule has 128 valence electrons. The largest absolute Gasteiger partial charge is 0.394 e. The number of aromatic nitrogens is 2. The molecule has 1 aromatic heterocycles. The molecule has 10 heteroatoms. The lowest BCUT2D eigenvalue weighted by atomic mass is 10.0. The maximum Gasteiger partial charge on any atom is 0.278 e.